The summed E-state index contributed by atoms with van der Waals surface area (Å²) in [5.41, 5.74) is 5.35. The van der Waals surface area contributed by atoms with Gasteiger partial charge in [-0.2, -0.15) is 0 Å². The molecule has 0 saturated carbocycles. The molecule has 0 radical (unpaired) electrons. The molecule has 0 aliphatic carbocycles. The molecule has 0 heterocycles. The Kier molecular flexibility index (Phi) is 38.2. The number of unbranched alkanes of at least 4 members (excludes halogenated alkanes) is 16. The first kappa shape index (κ1) is 52.7. The number of carboxylic acids is 1. The second-order valence-electron chi connectivity index (χ2n) is 14.1. The minimum atomic E-state index is -4.62. The molecule has 3 atom stereocenters. The second kappa shape index (κ2) is 39.9. The van der Waals surface area contributed by atoms with Crippen molar-refractivity contribution in [3.8, 4) is 0 Å². The first-order valence-corrected chi connectivity index (χ1v) is 22.8. The fourth-order valence-electron chi connectivity index (χ4n) is 5.47. The smallest absolute Gasteiger partial charge is 0.472 e. The standard InChI is InChI=1S/C44H78NO9P/c1-3-5-7-9-11-13-15-17-19-20-21-23-25-27-29-31-33-35-37-51-38-41(39-52-55(49,50)53-40-42(45)44(47)48)54-43(46)36-34-32-30-28-26-24-22-18-16-14-12-10-8-6-4-2/h5,7,11,13,17-19,21-23,41-42H,3-4,6,8-10,12,14-16,20,24-40,45H2,1-2H3,(H,47,48)(H,49,50)/b7-5-,13-11-,19-17-,22-18-,23-21-. The van der Waals surface area contributed by atoms with E-state index in [9.17, 15) is 19.0 Å². The highest BCUT2D eigenvalue weighted by atomic mass is 31.2. The Morgan fingerprint density at radius 2 is 1.05 bits per heavy atom. The molecular formula is C44H78NO9P. The quantitative estimate of drug-likeness (QED) is 0.0236. The van der Waals surface area contributed by atoms with Crippen molar-refractivity contribution in [3.63, 3.8) is 0 Å². The average Bonchev–Trinajstić information content (AvgIpc) is 3.16. The maximum absolute atomic E-state index is 12.6. The zero-order valence-corrected chi connectivity index (χ0v) is 35.4. The van der Waals surface area contributed by atoms with Crippen molar-refractivity contribution >= 4 is 19.8 Å². The van der Waals surface area contributed by atoms with Crippen molar-refractivity contribution in [2.45, 2.75) is 180 Å². The lowest BCUT2D eigenvalue weighted by Crippen LogP contribution is -2.34. The molecule has 0 aromatic heterocycles. The lowest BCUT2D eigenvalue weighted by Gasteiger charge is -2.20. The van der Waals surface area contributed by atoms with Gasteiger partial charge in [0.15, 0.2) is 0 Å². The Morgan fingerprint density at radius 3 is 1.60 bits per heavy atom. The fourth-order valence-corrected chi connectivity index (χ4v) is 6.25. The molecule has 318 valence electrons. The Labute approximate surface area is 334 Å². The van der Waals surface area contributed by atoms with Crippen LogP contribution in [0.4, 0.5) is 0 Å². The van der Waals surface area contributed by atoms with Gasteiger partial charge in [-0.3, -0.25) is 18.6 Å². The van der Waals surface area contributed by atoms with E-state index >= 15 is 0 Å². The van der Waals surface area contributed by atoms with Gasteiger partial charge < -0.3 is 25.2 Å². The number of phosphoric acid groups is 1. The number of ether oxygens (including phenoxy) is 2. The molecule has 55 heavy (non-hydrogen) atoms. The summed E-state index contributed by atoms with van der Waals surface area (Å²) in [7, 11) is -4.62. The molecule has 0 bridgehead atoms. The average molecular weight is 796 g/mol. The number of rotatable bonds is 40. The van der Waals surface area contributed by atoms with Gasteiger partial charge in [-0.05, 0) is 77.0 Å². The monoisotopic (exact) mass is 796 g/mol. The van der Waals surface area contributed by atoms with E-state index in [0.717, 1.165) is 96.3 Å². The number of carbonyl (C=O) groups is 2. The first-order valence-electron chi connectivity index (χ1n) is 21.3. The van der Waals surface area contributed by atoms with Crippen LogP contribution in [0.15, 0.2) is 60.8 Å². The van der Waals surface area contributed by atoms with Gasteiger partial charge in [0.2, 0.25) is 0 Å². The van der Waals surface area contributed by atoms with Crippen molar-refractivity contribution in [1.29, 1.82) is 0 Å². The van der Waals surface area contributed by atoms with Gasteiger partial charge in [0, 0.05) is 13.0 Å². The Bertz CT molecular complexity index is 1100. The van der Waals surface area contributed by atoms with Crippen LogP contribution in [0, 0.1) is 0 Å². The highest BCUT2D eigenvalue weighted by Gasteiger charge is 2.27. The van der Waals surface area contributed by atoms with Crippen LogP contribution in [-0.4, -0.2) is 60.5 Å². The molecule has 0 saturated heterocycles. The molecule has 0 aliphatic heterocycles. The van der Waals surface area contributed by atoms with Gasteiger partial charge in [0.25, 0.3) is 0 Å². The minimum absolute atomic E-state index is 0.00140. The number of esters is 1. The summed E-state index contributed by atoms with van der Waals surface area (Å²) >= 11 is 0. The molecule has 0 aliphatic rings. The van der Waals surface area contributed by atoms with Crippen LogP contribution >= 0.6 is 7.82 Å². The third-order valence-corrected chi connectivity index (χ3v) is 9.73. The third-order valence-electron chi connectivity index (χ3n) is 8.78. The molecule has 0 aromatic rings. The predicted octanol–water partition coefficient (Wildman–Crippen LogP) is 11.6. The molecule has 10 nitrogen and oxygen atoms in total. The second-order valence-corrected chi connectivity index (χ2v) is 15.5. The zero-order chi connectivity index (χ0) is 40.5. The van der Waals surface area contributed by atoms with Crippen LogP contribution < -0.4 is 5.73 Å². The zero-order valence-electron chi connectivity index (χ0n) is 34.5. The molecule has 11 heteroatoms. The Hall–Kier alpha value is -2.33. The van der Waals surface area contributed by atoms with Crippen LogP contribution in [0.1, 0.15) is 168 Å². The molecule has 0 spiro atoms. The molecular weight excluding hydrogens is 717 g/mol. The molecule has 0 fully saturated rings. The number of nitrogens with two attached hydrogens (primary N) is 1. The van der Waals surface area contributed by atoms with Crippen molar-refractivity contribution in [1.82, 2.24) is 0 Å². The van der Waals surface area contributed by atoms with E-state index in [1.165, 1.54) is 44.9 Å². The largest absolute Gasteiger partial charge is 0.480 e. The van der Waals surface area contributed by atoms with Crippen molar-refractivity contribution < 1.29 is 42.7 Å². The number of phosphoric ester groups is 1. The molecule has 0 aromatic carbocycles. The van der Waals surface area contributed by atoms with Crippen LogP contribution in [0.25, 0.3) is 0 Å². The lowest BCUT2D eigenvalue weighted by atomic mass is 10.1. The SMILES string of the molecule is CC/C=C\C/C=C\C/C=C\C/C=C\CCCCCCCOCC(COP(=O)(O)OCC(N)C(=O)O)OC(=O)CCCCCCC/C=C\CCCCCCCC. The van der Waals surface area contributed by atoms with E-state index in [0.29, 0.717) is 13.0 Å². The summed E-state index contributed by atoms with van der Waals surface area (Å²) in [6, 6.07) is -1.48. The van der Waals surface area contributed by atoms with Crippen molar-refractivity contribution in [2.24, 2.45) is 5.73 Å². The number of aliphatic carboxylic acids is 1. The highest BCUT2D eigenvalue weighted by molar-refractivity contribution is 7.47. The van der Waals surface area contributed by atoms with E-state index in [-0.39, 0.29) is 13.0 Å². The topological polar surface area (TPSA) is 155 Å². The lowest BCUT2D eigenvalue weighted by molar-refractivity contribution is -0.154. The van der Waals surface area contributed by atoms with Crippen LogP contribution in [0.3, 0.4) is 0 Å². The number of allylic oxidation sites excluding steroid dienone is 10. The molecule has 0 rings (SSSR count). The summed E-state index contributed by atoms with van der Waals surface area (Å²) in [5.74, 6) is -1.80. The van der Waals surface area contributed by atoms with Gasteiger partial charge in [0.1, 0.15) is 12.1 Å². The van der Waals surface area contributed by atoms with Crippen LogP contribution in [-0.2, 0) is 32.7 Å². The van der Waals surface area contributed by atoms with Gasteiger partial charge in [-0.15, -0.1) is 0 Å². The minimum Gasteiger partial charge on any atom is -0.480 e. The number of hydrogen-bond donors (Lipinski definition) is 3. The normalized spacial score (nSPS) is 14.5. The summed E-state index contributed by atoms with van der Waals surface area (Å²) in [6.45, 7) is 3.70. The van der Waals surface area contributed by atoms with Gasteiger partial charge in [-0.25, -0.2) is 4.57 Å². The summed E-state index contributed by atoms with van der Waals surface area (Å²) in [5, 5.41) is 8.89. The maximum atomic E-state index is 12.6. The van der Waals surface area contributed by atoms with Gasteiger partial charge in [-0.1, -0.05) is 145 Å². The van der Waals surface area contributed by atoms with E-state index in [2.05, 4.69) is 74.6 Å². The number of hydrogen-bond acceptors (Lipinski definition) is 8. The summed E-state index contributed by atoms with van der Waals surface area (Å²) < 4.78 is 33.3. The third kappa shape index (κ3) is 39.7. The van der Waals surface area contributed by atoms with Gasteiger partial charge in [0.05, 0.1) is 19.8 Å². The Balaban J connectivity index is 4.31. The molecule has 4 N–H and O–H groups in total. The number of carboxylic acid groups (broad SMARTS) is 1. The summed E-state index contributed by atoms with van der Waals surface area (Å²) in [4.78, 5) is 33.5. The molecule has 3 unspecified atom stereocenters. The van der Waals surface area contributed by atoms with E-state index in [1.54, 1.807) is 0 Å². The van der Waals surface area contributed by atoms with Crippen LogP contribution in [0.2, 0.25) is 0 Å². The highest BCUT2D eigenvalue weighted by Crippen LogP contribution is 2.43. The summed E-state index contributed by atoms with van der Waals surface area (Å²) in [6.07, 6.45) is 47.0. The van der Waals surface area contributed by atoms with E-state index in [1.807, 2.05) is 0 Å². The first-order chi connectivity index (χ1) is 26.7. The maximum Gasteiger partial charge on any atom is 0.472 e. The van der Waals surface area contributed by atoms with E-state index in [4.69, 9.17) is 29.4 Å². The van der Waals surface area contributed by atoms with Gasteiger partial charge >= 0.3 is 19.8 Å². The fraction of sp³-hybridized carbons (Fsp3) is 0.727. The van der Waals surface area contributed by atoms with Crippen LogP contribution in [0.5, 0.6) is 0 Å². The van der Waals surface area contributed by atoms with Crippen molar-refractivity contribution in [3.05, 3.63) is 60.8 Å². The molecule has 0 amide bonds. The number of carbonyl (C=O) groups excluding carboxylic acids is 1. The Morgan fingerprint density at radius 1 is 0.600 bits per heavy atom. The van der Waals surface area contributed by atoms with Crippen molar-refractivity contribution in [2.75, 3.05) is 26.4 Å². The predicted molar refractivity (Wildman–Crippen MR) is 226 cm³/mol. The van der Waals surface area contributed by atoms with E-state index < -0.39 is 45.1 Å².